The van der Waals surface area contributed by atoms with Gasteiger partial charge in [0.15, 0.2) is 17.4 Å². The molecule has 0 fully saturated rings. The molecule has 0 aliphatic heterocycles. The molecule has 0 aliphatic carbocycles. The molecular formula is C14H18FN3O3. The predicted octanol–water partition coefficient (Wildman–Crippen LogP) is 2.31. The molecule has 0 bridgehead atoms. The van der Waals surface area contributed by atoms with Crippen LogP contribution in [-0.2, 0) is 4.74 Å². The Hall–Kier alpha value is -1.99. The zero-order valence-corrected chi connectivity index (χ0v) is 12.2. The van der Waals surface area contributed by atoms with Gasteiger partial charge in [0.2, 0.25) is 0 Å². The minimum absolute atomic E-state index is 0.0677. The molecule has 0 saturated heterocycles. The Morgan fingerprint density at radius 1 is 1.38 bits per heavy atom. The summed E-state index contributed by atoms with van der Waals surface area (Å²) in [5, 5.41) is 3.80. The van der Waals surface area contributed by atoms with E-state index in [1.54, 1.807) is 6.07 Å². The molecule has 2 N–H and O–H groups in total. The van der Waals surface area contributed by atoms with Crippen LogP contribution in [0.25, 0.3) is 11.5 Å². The van der Waals surface area contributed by atoms with Crippen LogP contribution < -0.4 is 10.5 Å². The van der Waals surface area contributed by atoms with E-state index in [9.17, 15) is 4.39 Å². The minimum atomic E-state index is -0.498. The molecule has 1 aromatic heterocycles. The van der Waals surface area contributed by atoms with Gasteiger partial charge in [0.05, 0.1) is 25.9 Å². The molecule has 7 heteroatoms. The molecule has 1 atom stereocenters. The van der Waals surface area contributed by atoms with Crippen molar-refractivity contribution >= 4 is 0 Å². The number of methoxy groups -OCH3 is 1. The minimum Gasteiger partial charge on any atom is -0.494 e. The molecule has 0 spiro atoms. The lowest BCUT2D eigenvalue weighted by molar-refractivity contribution is 0.0665. The molecule has 0 saturated carbocycles. The number of ether oxygens (including phenoxy) is 2. The third-order valence-electron chi connectivity index (χ3n) is 2.78. The third kappa shape index (κ3) is 3.77. The monoisotopic (exact) mass is 295 g/mol. The Balaban J connectivity index is 2.14. The van der Waals surface area contributed by atoms with E-state index in [1.807, 2.05) is 13.8 Å². The van der Waals surface area contributed by atoms with Crippen molar-refractivity contribution in [1.82, 2.24) is 10.1 Å². The van der Waals surface area contributed by atoms with E-state index in [1.165, 1.54) is 19.2 Å². The summed E-state index contributed by atoms with van der Waals surface area (Å²) < 4.78 is 29.0. The zero-order chi connectivity index (χ0) is 15.4. The summed E-state index contributed by atoms with van der Waals surface area (Å²) in [6.45, 7) is 4.11. The number of hydrogen-bond acceptors (Lipinski definition) is 6. The smallest absolute Gasteiger partial charge is 0.258 e. The largest absolute Gasteiger partial charge is 0.494 e. The van der Waals surface area contributed by atoms with Crippen molar-refractivity contribution in [1.29, 1.82) is 0 Å². The van der Waals surface area contributed by atoms with E-state index in [4.69, 9.17) is 19.7 Å². The highest BCUT2D eigenvalue weighted by molar-refractivity contribution is 5.54. The number of aromatic nitrogens is 2. The Bertz CT molecular complexity index is 601. The lowest BCUT2D eigenvalue weighted by atomic mass is 10.2. The van der Waals surface area contributed by atoms with Crippen LogP contribution in [0, 0.1) is 5.82 Å². The van der Waals surface area contributed by atoms with Crippen LogP contribution in [0.5, 0.6) is 5.75 Å². The maximum absolute atomic E-state index is 13.7. The fourth-order valence-corrected chi connectivity index (χ4v) is 1.67. The standard InChI is InChI=1S/C14H18FN3O3/c1-8(2)20-7-11(16)13-17-14(21-18-13)9-4-5-12(19-3)10(15)6-9/h4-6,8,11H,7,16H2,1-3H3. The lowest BCUT2D eigenvalue weighted by Crippen LogP contribution is -2.20. The lowest BCUT2D eigenvalue weighted by Gasteiger charge is -2.10. The SMILES string of the molecule is COc1ccc(-c2nc(C(N)COC(C)C)no2)cc1F. The highest BCUT2D eigenvalue weighted by Crippen LogP contribution is 2.25. The second-order valence-corrected chi connectivity index (χ2v) is 4.80. The summed E-state index contributed by atoms with van der Waals surface area (Å²) in [7, 11) is 1.40. The van der Waals surface area contributed by atoms with Crippen LogP contribution >= 0.6 is 0 Å². The highest BCUT2D eigenvalue weighted by Gasteiger charge is 2.17. The van der Waals surface area contributed by atoms with E-state index in [0.29, 0.717) is 11.4 Å². The Kier molecular flexibility index (Phi) is 4.87. The fraction of sp³-hybridized carbons (Fsp3) is 0.429. The maximum atomic E-state index is 13.7. The van der Waals surface area contributed by atoms with Crippen molar-refractivity contribution < 1.29 is 18.4 Å². The summed E-state index contributed by atoms with van der Waals surface area (Å²) in [6.07, 6.45) is 0.0677. The summed E-state index contributed by atoms with van der Waals surface area (Å²) in [6, 6.07) is 3.91. The van der Waals surface area contributed by atoms with Crippen LogP contribution in [0.4, 0.5) is 4.39 Å². The molecule has 0 amide bonds. The van der Waals surface area contributed by atoms with Crippen LogP contribution in [-0.4, -0.2) is 30.0 Å². The van der Waals surface area contributed by atoms with Crippen molar-refractivity contribution in [3.8, 4) is 17.2 Å². The number of hydrogen-bond donors (Lipinski definition) is 1. The molecule has 6 nitrogen and oxygen atoms in total. The first kappa shape index (κ1) is 15.4. The second-order valence-electron chi connectivity index (χ2n) is 4.80. The summed E-state index contributed by atoms with van der Waals surface area (Å²) >= 11 is 0. The van der Waals surface area contributed by atoms with Gasteiger partial charge in [-0.1, -0.05) is 5.16 Å². The molecule has 21 heavy (non-hydrogen) atoms. The van der Waals surface area contributed by atoms with Gasteiger partial charge in [-0.05, 0) is 32.0 Å². The van der Waals surface area contributed by atoms with Crippen molar-refractivity contribution in [3.63, 3.8) is 0 Å². The Labute approximate surface area is 122 Å². The maximum Gasteiger partial charge on any atom is 0.258 e. The molecule has 2 aromatic rings. The molecule has 1 unspecified atom stereocenters. The molecule has 0 aliphatic rings. The Morgan fingerprint density at radius 2 is 2.14 bits per heavy atom. The number of benzene rings is 1. The molecular weight excluding hydrogens is 277 g/mol. The summed E-state index contributed by atoms with van der Waals surface area (Å²) in [4.78, 5) is 4.16. The molecule has 114 valence electrons. The summed E-state index contributed by atoms with van der Waals surface area (Å²) in [5.74, 6) is 0.177. The zero-order valence-electron chi connectivity index (χ0n) is 12.2. The van der Waals surface area contributed by atoms with Gasteiger partial charge in [0.25, 0.3) is 5.89 Å². The fourth-order valence-electron chi connectivity index (χ4n) is 1.67. The topological polar surface area (TPSA) is 83.4 Å². The van der Waals surface area contributed by atoms with Crippen LogP contribution in [0.3, 0.4) is 0 Å². The molecule has 1 heterocycles. The number of nitrogens with two attached hydrogens (primary N) is 1. The van der Waals surface area contributed by atoms with E-state index in [0.717, 1.165) is 0 Å². The third-order valence-corrected chi connectivity index (χ3v) is 2.78. The first-order chi connectivity index (χ1) is 10.0. The number of halogens is 1. The van der Waals surface area contributed by atoms with Gasteiger partial charge in [0, 0.05) is 5.56 Å². The second kappa shape index (κ2) is 6.64. The Morgan fingerprint density at radius 3 is 2.76 bits per heavy atom. The van der Waals surface area contributed by atoms with Gasteiger partial charge >= 0.3 is 0 Å². The van der Waals surface area contributed by atoms with Crippen molar-refractivity contribution in [2.24, 2.45) is 5.73 Å². The normalized spacial score (nSPS) is 12.7. The number of rotatable bonds is 6. The van der Waals surface area contributed by atoms with E-state index in [-0.39, 0.29) is 24.4 Å². The van der Waals surface area contributed by atoms with E-state index in [2.05, 4.69) is 10.1 Å². The first-order valence-electron chi connectivity index (χ1n) is 6.56. The van der Waals surface area contributed by atoms with Crippen molar-refractivity contribution in [2.75, 3.05) is 13.7 Å². The molecule has 1 aromatic carbocycles. The average molecular weight is 295 g/mol. The number of nitrogens with zero attached hydrogens (tertiary/aromatic N) is 2. The molecule has 0 radical (unpaired) electrons. The van der Waals surface area contributed by atoms with Gasteiger partial charge in [-0.2, -0.15) is 4.98 Å². The van der Waals surface area contributed by atoms with Crippen LogP contribution in [0.2, 0.25) is 0 Å². The quantitative estimate of drug-likeness (QED) is 0.880. The van der Waals surface area contributed by atoms with Gasteiger partial charge in [-0.3, -0.25) is 0 Å². The average Bonchev–Trinajstić information content (AvgIpc) is 2.94. The van der Waals surface area contributed by atoms with Crippen molar-refractivity contribution in [2.45, 2.75) is 26.0 Å². The van der Waals surface area contributed by atoms with E-state index >= 15 is 0 Å². The highest BCUT2D eigenvalue weighted by atomic mass is 19.1. The first-order valence-corrected chi connectivity index (χ1v) is 6.56. The van der Waals surface area contributed by atoms with Crippen LogP contribution in [0.15, 0.2) is 22.7 Å². The van der Waals surface area contributed by atoms with Crippen LogP contribution in [0.1, 0.15) is 25.7 Å². The molecule has 2 rings (SSSR count). The van der Waals surface area contributed by atoms with Gasteiger partial charge < -0.3 is 19.7 Å². The van der Waals surface area contributed by atoms with Gasteiger partial charge in [-0.15, -0.1) is 0 Å². The van der Waals surface area contributed by atoms with Crippen molar-refractivity contribution in [3.05, 3.63) is 29.8 Å². The van der Waals surface area contributed by atoms with Gasteiger partial charge in [-0.25, -0.2) is 4.39 Å². The van der Waals surface area contributed by atoms with Gasteiger partial charge in [0.1, 0.15) is 0 Å². The summed E-state index contributed by atoms with van der Waals surface area (Å²) in [5.41, 5.74) is 6.37. The van der Waals surface area contributed by atoms with E-state index < -0.39 is 11.9 Å². The predicted molar refractivity (Wildman–Crippen MR) is 74.3 cm³/mol.